The van der Waals surface area contributed by atoms with Crippen molar-refractivity contribution in [1.29, 1.82) is 0 Å². The van der Waals surface area contributed by atoms with Crippen LogP contribution >= 0.6 is 15.9 Å². The predicted molar refractivity (Wildman–Crippen MR) is 66.9 cm³/mol. The minimum atomic E-state index is -0.161. The molecule has 0 bridgehead atoms. The topological polar surface area (TPSA) is 15.3 Å². The van der Waals surface area contributed by atoms with Crippen molar-refractivity contribution in [3.63, 3.8) is 0 Å². The van der Waals surface area contributed by atoms with Crippen LogP contribution in [0.4, 0.5) is 4.39 Å². The SMILES string of the molecule is Fc1ccc(Br)c(CN2CCCNCC2)c1. The van der Waals surface area contributed by atoms with Crippen LogP contribution in [0.25, 0.3) is 0 Å². The minimum Gasteiger partial charge on any atom is -0.315 e. The highest BCUT2D eigenvalue weighted by atomic mass is 79.9. The molecule has 0 unspecified atom stereocenters. The van der Waals surface area contributed by atoms with Gasteiger partial charge < -0.3 is 5.32 Å². The first-order valence-corrected chi connectivity index (χ1v) is 6.42. The van der Waals surface area contributed by atoms with E-state index in [-0.39, 0.29) is 5.82 Å². The summed E-state index contributed by atoms with van der Waals surface area (Å²) >= 11 is 3.47. The number of nitrogens with zero attached hydrogens (tertiary/aromatic N) is 1. The minimum absolute atomic E-state index is 0.161. The number of rotatable bonds is 2. The summed E-state index contributed by atoms with van der Waals surface area (Å²) in [5.74, 6) is -0.161. The molecule has 0 spiro atoms. The highest BCUT2D eigenvalue weighted by Gasteiger charge is 2.11. The van der Waals surface area contributed by atoms with Crippen LogP contribution in [0.3, 0.4) is 0 Å². The first kappa shape index (κ1) is 12.0. The molecule has 2 rings (SSSR count). The van der Waals surface area contributed by atoms with Crippen LogP contribution in [0.2, 0.25) is 0 Å². The third-order valence-corrected chi connectivity index (χ3v) is 3.61. The Morgan fingerprint density at radius 3 is 3.06 bits per heavy atom. The fourth-order valence-corrected chi connectivity index (χ4v) is 2.34. The van der Waals surface area contributed by atoms with Crippen molar-refractivity contribution in [2.45, 2.75) is 13.0 Å². The zero-order valence-electron chi connectivity index (χ0n) is 9.18. The summed E-state index contributed by atoms with van der Waals surface area (Å²) in [6.07, 6.45) is 1.16. The number of benzene rings is 1. The van der Waals surface area contributed by atoms with E-state index in [0.717, 1.165) is 49.2 Å². The molecule has 4 heteroatoms. The molecule has 2 nitrogen and oxygen atoms in total. The zero-order chi connectivity index (χ0) is 11.4. The summed E-state index contributed by atoms with van der Waals surface area (Å²) in [4.78, 5) is 2.36. The predicted octanol–water partition coefficient (Wildman–Crippen LogP) is 2.38. The molecule has 88 valence electrons. The Kier molecular flexibility index (Phi) is 4.32. The van der Waals surface area contributed by atoms with Crippen LogP contribution < -0.4 is 5.32 Å². The maximum absolute atomic E-state index is 13.1. The van der Waals surface area contributed by atoms with E-state index >= 15 is 0 Å². The smallest absolute Gasteiger partial charge is 0.123 e. The van der Waals surface area contributed by atoms with Crippen molar-refractivity contribution in [1.82, 2.24) is 10.2 Å². The van der Waals surface area contributed by atoms with Crippen molar-refractivity contribution in [2.75, 3.05) is 26.2 Å². The quantitative estimate of drug-likeness (QED) is 0.898. The molecule has 1 aromatic carbocycles. The molecule has 1 N–H and O–H groups in total. The lowest BCUT2D eigenvalue weighted by atomic mass is 10.2. The summed E-state index contributed by atoms with van der Waals surface area (Å²) in [6.45, 7) is 5.03. The van der Waals surface area contributed by atoms with Gasteiger partial charge >= 0.3 is 0 Å². The van der Waals surface area contributed by atoms with E-state index in [1.807, 2.05) is 0 Å². The van der Waals surface area contributed by atoms with Crippen LogP contribution in [-0.4, -0.2) is 31.1 Å². The van der Waals surface area contributed by atoms with Crippen molar-refractivity contribution in [2.24, 2.45) is 0 Å². The van der Waals surface area contributed by atoms with Gasteiger partial charge in [-0.3, -0.25) is 4.90 Å². The largest absolute Gasteiger partial charge is 0.315 e. The first-order valence-electron chi connectivity index (χ1n) is 5.63. The summed E-state index contributed by atoms with van der Waals surface area (Å²) in [5, 5.41) is 3.36. The van der Waals surface area contributed by atoms with E-state index < -0.39 is 0 Å². The molecule has 1 saturated heterocycles. The summed E-state index contributed by atoms with van der Waals surface area (Å²) in [5.41, 5.74) is 1.03. The van der Waals surface area contributed by atoms with Crippen molar-refractivity contribution >= 4 is 15.9 Å². The molecule has 1 aromatic rings. The Morgan fingerprint density at radius 1 is 1.31 bits per heavy atom. The average molecular weight is 287 g/mol. The standard InChI is InChI=1S/C12H16BrFN2/c13-12-3-2-11(14)8-10(12)9-16-6-1-4-15-5-7-16/h2-3,8,15H,1,4-7,9H2. The van der Waals surface area contributed by atoms with Crippen LogP contribution in [0.1, 0.15) is 12.0 Å². The third kappa shape index (κ3) is 3.27. The maximum Gasteiger partial charge on any atom is 0.123 e. The summed E-state index contributed by atoms with van der Waals surface area (Å²) < 4.78 is 14.1. The lowest BCUT2D eigenvalue weighted by Crippen LogP contribution is -2.27. The van der Waals surface area contributed by atoms with E-state index in [4.69, 9.17) is 0 Å². The first-order chi connectivity index (χ1) is 7.75. The van der Waals surface area contributed by atoms with Gasteiger partial charge in [0.1, 0.15) is 5.82 Å². The molecule has 0 aromatic heterocycles. The van der Waals surface area contributed by atoms with Crippen molar-refractivity contribution < 1.29 is 4.39 Å². The van der Waals surface area contributed by atoms with Crippen molar-refractivity contribution in [3.8, 4) is 0 Å². The third-order valence-electron chi connectivity index (χ3n) is 2.83. The molecular weight excluding hydrogens is 271 g/mol. The van der Waals surface area contributed by atoms with Gasteiger partial charge in [-0.15, -0.1) is 0 Å². The highest BCUT2D eigenvalue weighted by molar-refractivity contribution is 9.10. The second-order valence-electron chi connectivity index (χ2n) is 4.12. The average Bonchev–Trinajstić information content (AvgIpc) is 2.52. The fraction of sp³-hybridized carbons (Fsp3) is 0.500. The van der Waals surface area contributed by atoms with Gasteiger partial charge in [-0.1, -0.05) is 15.9 Å². The Hall–Kier alpha value is -0.450. The van der Waals surface area contributed by atoms with Crippen LogP contribution in [-0.2, 0) is 6.54 Å². The lowest BCUT2D eigenvalue weighted by molar-refractivity contribution is 0.283. The van der Waals surface area contributed by atoms with Gasteiger partial charge in [0, 0.05) is 24.1 Å². The molecule has 1 heterocycles. The van der Waals surface area contributed by atoms with Gasteiger partial charge in [-0.2, -0.15) is 0 Å². The van der Waals surface area contributed by atoms with Gasteiger partial charge in [0.25, 0.3) is 0 Å². The van der Waals surface area contributed by atoms with E-state index in [1.165, 1.54) is 6.07 Å². The second-order valence-corrected chi connectivity index (χ2v) is 4.97. The Bertz CT molecular complexity index is 349. The number of halogens is 2. The van der Waals surface area contributed by atoms with E-state index in [9.17, 15) is 4.39 Å². The van der Waals surface area contributed by atoms with E-state index in [1.54, 1.807) is 12.1 Å². The van der Waals surface area contributed by atoms with Gasteiger partial charge in [0.2, 0.25) is 0 Å². The van der Waals surface area contributed by atoms with Crippen LogP contribution in [0.15, 0.2) is 22.7 Å². The molecule has 1 aliphatic rings. The van der Waals surface area contributed by atoms with Crippen LogP contribution in [0.5, 0.6) is 0 Å². The fourth-order valence-electron chi connectivity index (χ4n) is 1.97. The van der Waals surface area contributed by atoms with Gasteiger partial charge in [0.05, 0.1) is 0 Å². The second kappa shape index (κ2) is 5.75. The normalized spacial score (nSPS) is 18.4. The lowest BCUT2D eigenvalue weighted by Gasteiger charge is -2.20. The molecule has 1 fully saturated rings. The van der Waals surface area contributed by atoms with E-state index in [2.05, 4.69) is 26.1 Å². The van der Waals surface area contributed by atoms with Crippen molar-refractivity contribution in [3.05, 3.63) is 34.1 Å². The maximum atomic E-state index is 13.1. The van der Waals surface area contributed by atoms with E-state index in [0.29, 0.717) is 0 Å². The Morgan fingerprint density at radius 2 is 2.19 bits per heavy atom. The molecule has 0 radical (unpaired) electrons. The summed E-state index contributed by atoms with van der Waals surface area (Å²) in [7, 11) is 0. The molecule has 0 atom stereocenters. The number of hydrogen-bond donors (Lipinski definition) is 1. The highest BCUT2D eigenvalue weighted by Crippen LogP contribution is 2.19. The molecule has 1 aliphatic heterocycles. The molecule has 0 amide bonds. The molecule has 16 heavy (non-hydrogen) atoms. The summed E-state index contributed by atoms with van der Waals surface area (Å²) in [6, 6.07) is 4.88. The monoisotopic (exact) mass is 286 g/mol. The number of nitrogens with one attached hydrogen (secondary N) is 1. The van der Waals surface area contributed by atoms with Gasteiger partial charge in [0.15, 0.2) is 0 Å². The Balaban J connectivity index is 2.04. The number of hydrogen-bond acceptors (Lipinski definition) is 2. The zero-order valence-corrected chi connectivity index (χ0v) is 10.8. The molecule has 0 aliphatic carbocycles. The van der Waals surface area contributed by atoms with Crippen LogP contribution in [0, 0.1) is 5.82 Å². The molecular formula is C12H16BrFN2. The molecule has 0 saturated carbocycles. The van der Waals surface area contributed by atoms with Gasteiger partial charge in [-0.05, 0) is 43.3 Å². The van der Waals surface area contributed by atoms with Gasteiger partial charge in [-0.25, -0.2) is 4.39 Å². The Labute approximate surface area is 104 Å².